The molecule has 1 saturated heterocycles. The predicted molar refractivity (Wildman–Crippen MR) is 134 cm³/mol. The molecule has 7 heteroatoms. The molecule has 0 radical (unpaired) electrons. The lowest BCUT2D eigenvalue weighted by Crippen LogP contribution is -2.27. The molecule has 0 bridgehead atoms. The number of carbonyl (C=O) groups excluding carboxylic acids is 1. The van der Waals surface area contributed by atoms with Gasteiger partial charge in [-0.15, -0.1) is 0 Å². The van der Waals surface area contributed by atoms with E-state index in [0.29, 0.717) is 31.6 Å². The zero-order chi connectivity index (χ0) is 22.0. The highest BCUT2D eigenvalue weighted by Crippen LogP contribution is 2.38. The van der Waals surface area contributed by atoms with Crippen LogP contribution in [0.1, 0.15) is 16.7 Å². The molecule has 0 atom stereocenters. The molecule has 3 aromatic rings. The van der Waals surface area contributed by atoms with Crippen molar-refractivity contribution in [2.24, 2.45) is 0 Å². The van der Waals surface area contributed by atoms with Crippen LogP contribution in [-0.2, 0) is 11.4 Å². The molecule has 1 amide bonds. The average Bonchev–Trinajstić information content (AvgIpc) is 3.03. The molecule has 4 rings (SSSR count). The molecular formula is C24H17Cl2NO2S2. The van der Waals surface area contributed by atoms with Crippen molar-refractivity contribution in [2.75, 3.05) is 4.90 Å². The zero-order valence-corrected chi connectivity index (χ0v) is 19.6. The largest absolute Gasteiger partial charge is 0.489 e. The molecule has 31 heavy (non-hydrogen) atoms. The SMILES string of the molecule is Cc1ccc(COc2cccc(C=C3SC(=S)N(c4ccc(Cl)c(Cl)c4)C3=O)c2)cc1. The third-order valence-electron chi connectivity index (χ3n) is 4.64. The van der Waals surface area contributed by atoms with Crippen molar-refractivity contribution < 1.29 is 9.53 Å². The minimum absolute atomic E-state index is 0.195. The lowest BCUT2D eigenvalue weighted by Gasteiger charge is -2.15. The van der Waals surface area contributed by atoms with Gasteiger partial charge in [-0.05, 0) is 54.5 Å². The monoisotopic (exact) mass is 485 g/mol. The number of aryl methyl sites for hydroxylation is 1. The Balaban J connectivity index is 1.51. The minimum Gasteiger partial charge on any atom is -0.489 e. The first kappa shape index (κ1) is 21.9. The quantitative estimate of drug-likeness (QED) is 0.280. The standard InChI is InChI=1S/C24H17Cl2NO2S2/c1-15-5-7-16(8-6-15)14-29-19-4-2-3-17(11-19)12-22-23(28)27(24(30)31-22)18-9-10-20(25)21(26)13-18/h2-13H,14H2,1H3. The van der Waals surface area contributed by atoms with E-state index in [-0.39, 0.29) is 5.91 Å². The van der Waals surface area contributed by atoms with Gasteiger partial charge in [0.25, 0.3) is 5.91 Å². The van der Waals surface area contributed by atoms with Gasteiger partial charge in [0.05, 0.1) is 20.6 Å². The van der Waals surface area contributed by atoms with E-state index in [0.717, 1.165) is 16.9 Å². The van der Waals surface area contributed by atoms with E-state index in [9.17, 15) is 4.79 Å². The maximum Gasteiger partial charge on any atom is 0.270 e. The molecule has 0 spiro atoms. The van der Waals surface area contributed by atoms with Gasteiger partial charge in [-0.1, -0.05) is 89.1 Å². The summed E-state index contributed by atoms with van der Waals surface area (Å²) in [6, 6.07) is 20.8. The molecule has 0 saturated carbocycles. The number of ether oxygens (including phenoxy) is 1. The van der Waals surface area contributed by atoms with Gasteiger partial charge in [-0.3, -0.25) is 9.69 Å². The predicted octanol–water partition coefficient (Wildman–Crippen LogP) is 7.29. The van der Waals surface area contributed by atoms with Gasteiger partial charge >= 0.3 is 0 Å². The molecule has 1 aliphatic heterocycles. The minimum atomic E-state index is -0.195. The maximum absolute atomic E-state index is 13.0. The second-order valence-electron chi connectivity index (χ2n) is 6.96. The van der Waals surface area contributed by atoms with E-state index in [1.807, 2.05) is 42.5 Å². The number of amides is 1. The second kappa shape index (κ2) is 9.45. The van der Waals surface area contributed by atoms with Crippen LogP contribution >= 0.6 is 47.2 Å². The van der Waals surface area contributed by atoms with Crippen LogP contribution in [0.3, 0.4) is 0 Å². The molecule has 3 aromatic carbocycles. The van der Waals surface area contributed by atoms with E-state index in [2.05, 4.69) is 19.1 Å². The van der Waals surface area contributed by atoms with Crippen LogP contribution in [0, 0.1) is 6.92 Å². The summed E-state index contributed by atoms with van der Waals surface area (Å²) in [6.07, 6.45) is 1.82. The van der Waals surface area contributed by atoms with Crippen LogP contribution in [0.25, 0.3) is 6.08 Å². The Kier molecular flexibility index (Phi) is 6.68. The molecule has 3 nitrogen and oxygen atoms in total. The topological polar surface area (TPSA) is 29.5 Å². The Morgan fingerprint density at radius 3 is 2.55 bits per heavy atom. The lowest BCUT2D eigenvalue weighted by molar-refractivity contribution is -0.113. The Bertz CT molecular complexity index is 1190. The molecule has 1 aliphatic rings. The Morgan fingerprint density at radius 1 is 1.03 bits per heavy atom. The normalized spacial score (nSPS) is 15.1. The van der Waals surface area contributed by atoms with Gasteiger partial charge in [-0.2, -0.15) is 0 Å². The summed E-state index contributed by atoms with van der Waals surface area (Å²) in [7, 11) is 0. The smallest absolute Gasteiger partial charge is 0.270 e. The van der Waals surface area contributed by atoms with Crippen LogP contribution < -0.4 is 9.64 Å². The maximum atomic E-state index is 13.0. The number of rotatable bonds is 5. The van der Waals surface area contributed by atoms with E-state index in [4.69, 9.17) is 40.2 Å². The average molecular weight is 486 g/mol. The summed E-state index contributed by atoms with van der Waals surface area (Å²) >= 11 is 18.8. The Morgan fingerprint density at radius 2 is 1.81 bits per heavy atom. The fraction of sp³-hybridized carbons (Fsp3) is 0.0833. The highest BCUT2D eigenvalue weighted by molar-refractivity contribution is 8.27. The molecule has 1 fully saturated rings. The van der Waals surface area contributed by atoms with Crippen LogP contribution in [0.5, 0.6) is 5.75 Å². The van der Waals surface area contributed by atoms with Crippen molar-refractivity contribution in [3.63, 3.8) is 0 Å². The van der Waals surface area contributed by atoms with Crippen molar-refractivity contribution in [2.45, 2.75) is 13.5 Å². The molecule has 0 aliphatic carbocycles. The summed E-state index contributed by atoms with van der Waals surface area (Å²) in [4.78, 5) is 15.0. The van der Waals surface area contributed by atoms with Crippen molar-refractivity contribution in [1.29, 1.82) is 0 Å². The molecule has 0 unspecified atom stereocenters. The first-order valence-corrected chi connectivity index (χ1v) is 11.4. The molecular weight excluding hydrogens is 469 g/mol. The van der Waals surface area contributed by atoms with E-state index >= 15 is 0 Å². The Labute approximate surface area is 200 Å². The molecule has 156 valence electrons. The first-order chi connectivity index (χ1) is 14.9. The fourth-order valence-electron chi connectivity index (χ4n) is 3.01. The van der Waals surface area contributed by atoms with E-state index < -0.39 is 0 Å². The summed E-state index contributed by atoms with van der Waals surface area (Å²) in [5, 5.41) is 0.796. The van der Waals surface area contributed by atoms with Gasteiger partial charge < -0.3 is 4.74 Å². The molecule has 1 heterocycles. The number of hydrogen-bond acceptors (Lipinski definition) is 4. The van der Waals surface area contributed by atoms with Crippen LogP contribution in [0.4, 0.5) is 5.69 Å². The van der Waals surface area contributed by atoms with Crippen molar-refractivity contribution in [1.82, 2.24) is 0 Å². The molecule has 0 N–H and O–H groups in total. The number of hydrogen-bond donors (Lipinski definition) is 0. The summed E-state index contributed by atoms with van der Waals surface area (Å²) in [6.45, 7) is 2.53. The van der Waals surface area contributed by atoms with Gasteiger partial charge in [0.2, 0.25) is 0 Å². The number of anilines is 1. The van der Waals surface area contributed by atoms with Gasteiger partial charge in [0.15, 0.2) is 4.32 Å². The van der Waals surface area contributed by atoms with Crippen molar-refractivity contribution >= 4 is 69.2 Å². The van der Waals surface area contributed by atoms with Gasteiger partial charge in [0, 0.05) is 0 Å². The second-order valence-corrected chi connectivity index (χ2v) is 9.45. The Hall–Kier alpha value is -2.31. The van der Waals surface area contributed by atoms with E-state index in [1.54, 1.807) is 18.2 Å². The number of nitrogens with zero attached hydrogens (tertiary/aromatic N) is 1. The van der Waals surface area contributed by atoms with E-state index in [1.165, 1.54) is 22.2 Å². The third kappa shape index (κ3) is 5.13. The number of halogens is 2. The van der Waals surface area contributed by atoms with Crippen molar-refractivity contribution in [3.05, 3.63) is 98.4 Å². The van der Waals surface area contributed by atoms with Crippen LogP contribution in [-0.4, -0.2) is 10.2 Å². The van der Waals surface area contributed by atoms with Crippen molar-refractivity contribution in [3.8, 4) is 5.75 Å². The number of thioether (sulfide) groups is 1. The van der Waals surface area contributed by atoms with Gasteiger partial charge in [-0.25, -0.2) is 0 Å². The number of benzene rings is 3. The summed E-state index contributed by atoms with van der Waals surface area (Å²) in [5.41, 5.74) is 3.76. The summed E-state index contributed by atoms with van der Waals surface area (Å²) in [5.74, 6) is 0.536. The first-order valence-electron chi connectivity index (χ1n) is 9.42. The molecule has 0 aromatic heterocycles. The highest BCUT2D eigenvalue weighted by Gasteiger charge is 2.33. The zero-order valence-electron chi connectivity index (χ0n) is 16.5. The van der Waals surface area contributed by atoms with Crippen LogP contribution in [0.2, 0.25) is 10.0 Å². The summed E-state index contributed by atoms with van der Waals surface area (Å²) < 4.78 is 6.36. The number of carbonyl (C=O) groups is 1. The van der Waals surface area contributed by atoms with Crippen LogP contribution in [0.15, 0.2) is 71.6 Å². The number of thiocarbonyl (C=S) groups is 1. The van der Waals surface area contributed by atoms with Gasteiger partial charge in [0.1, 0.15) is 12.4 Å². The highest BCUT2D eigenvalue weighted by atomic mass is 35.5. The lowest BCUT2D eigenvalue weighted by atomic mass is 10.1. The fourth-order valence-corrected chi connectivity index (χ4v) is 4.60. The third-order valence-corrected chi connectivity index (χ3v) is 6.68.